The van der Waals surface area contributed by atoms with E-state index in [0.717, 1.165) is 6.42 Å². The summed E-state index contributed by atoms with van der Waals surface area (Å²) in [6, 6.07) is 53.8. The largest absolute Gasteiger partial charge is 0.0725 e. The first kappa shape index (κ1) is 21.4. The fraction of sp³-hybridized carbons (Fsp3) is 0.0526. The Bertz CT molecular complexity index is 1780. The van der Waals surface area contributed by atoms with Crippen molar-refractivity contribution in [1.82, 2.24) is 0 Å². The van der Waals surface area contributed by atoms with Crippen molar-refractivity contribution in [2.45, 2.75) is 11.8 Å². The summed E-state index contributed by atoms with van der Waals surface area (Å²) >= 11 is 0. The predicted octanol–water partition coefficient (Wildman–Crippen LogP) is 9.29. The zero-order valence-electron chi connectivity index (χ0n) is 21.1. The summed E-state index contributed by atoms with van der Waals surface area (Å²) in [5.41, 5.74) is 16.0. The second kappa shape index (κ2) is 8.16. The molecule has 0 saturated heterocycles. The molecule has 0 N–H and O–H groups in total. The number of hydrogen-bond donors (Lipinski definition) is 0. The molecule has 6 aromatic carbocycles. The Morgan fingerprint density at radius 3 is 1.45 bits per heavy atom. The Hall–Kier alpha value is -4.68. The van der Waals surface area contributed by atoms with Crippen molar-refractivity contribution in [1.29, 1.82) is 0 Å². The summed E-state index contributed by atoms with van der Waals surface area (Å²) in [5.74, 6) is 0. The molecule has 0 bridgehead atoms. The fourth-order valence-corrected chi connectivity index (χ4v) is 7.05. The molecule has 8 rings (SSSR count). The monoisotopic (exact) mass is 482 g/mol. The van der Waals surface area contributed by atoms with Gasteiger partial charge in [0.15, 0.2) is 0 Å². The molecule has 2 aliphatic rings. The van der Waals surface area contributed by atoms with Gasteiger partial charge in [-0.05, 0) is 73.2 Å². The van der Waals surface area contributed by atoms with E-state index >= 15 is 0 Å². The smallest absolute Gasteiger partial charge is 0.0622 e. The Morgan fingerprint density at radius 1 is 0.368 bits per heavy atom. The minimum absolute atomic E-state index is 0.284. The topological polar surface area (TPSA) is 0 Å². The molecule has 0 saturated carbocycles. The van der Waals surface area contributed by atoms with Crippen LogP contribution in [0.25, 0.3) is 33.4 Å². The van der Waals surface area contributed by atoms with Crippen molar-refractivity contribution in [3.63, 3.8) is 0 Å². The van der Waals surface area contributed by atoms with Crippen LogP contribution in [0.3, 0.4) is 0 Å². The van der Waals surface area contributed by atoms with E-state index in [9.17, 15) is 0 Å². The molecule has 0 heterocycles. The van der Waals surface area contributed by atoms with Crippen molar-refractivity contribution in [3.8, 4) is 33.4 Å². The SMILES string of the molecule is c1ccc(-c2ccccc2Cc2ccc3c(c2)C2(c4ccccc4-c4ccccc42)c2ccccc2-3)cc1. The molecule has 0 aliphatic heterocycles. The van der Waals surface area contributed by atoms with Crippen molar-refractivity contribution >= 4 is 0 Å². The van der Waals surface area contributed by atoms with Gasteiger partial charge in [0.1, 0.15) is 0 Å². The predicted molar refractivity (Wildman–Crippen MR) is 157 cm³/mol. The average molecular weight is 483 g/mol. The summed E-state index contributed by atoms with van der Waals surface area (Å²) in [6.07, 6.45) is 0.897. The van der Waals surface area contributed by atoms with E-state index in [1.54, 1.807) is 0 Å². The standard InChI is InChI=1S/C38H26/c1-2-12-27(13-3-1)29-15-5-4-14-28(29)24-26-22-23-33-32-18-8-11-21-36(32)38(37(33)25-26)34-19-9-6-16-30(34)31-17-7-10-20-35(31)38/h1-23,25H,24H2. The van der Waals surface area contributed by atoms with Gasteiger partial charge in [0, 0.05) is 0 Å². The molecule has 1 spiro atoms. The summed E-state index contributed by atoms with van der Waals surface area (Å²) in [5, 5.41) is 0. The Morgan fingerprint density at radius 2 is 0.842 bits per heavy atom. The molecular weight excluding hydrogens is 456 g/mol. The van der Waals surface area contributed by atoms with Crippen LogP contribution in [0.4, 0.5) is 0 Å². The summed E-state index contributed by atoms with van der Waals surface area (Å²) in [6.45, 7) is 0. The molecule has 0 nitrogen and oxygen atoms in total. The normalized spacial score (nSPS) is 13.6. The average Bonchev–Trinajstić information content (AvgIpc) is 3.45. The van der Waals surface area contributed by atoms with Gasteiger partial charge in [0.05, 0.1) is 5.41 Å². The highest BCUT2D eigenvalue weighted by Crippen LogP contribution is 2.62. The lowest BCUT2D eigenvalue weighted by Gasteiger charge is -2.30. The molecule has 0 aromatic heterocycles. The van der Waals surface area contributed by atoms with Crippen LogP contribution in [-0.2, 0) is 11.8 Å². The maximum atomic E-state index is 2.50. The Labute approximate surface area is 223 Å². The number of hydrogen-bond acceptors (Lipinski definition) is 0. The number of fused-ring (bicyclic) bond motifs is 10. The van der Waals surface area contributed by atoms with Crippen LogP contribution < -0.4 is 0 Å². The van der Waals surface area contributed by atoms with Crippen LogP contribution in [0.5, 0.6) is 0 Å². The Balaban J connectivity index is 1.36. The second-order valence-corrected chi connectivity index (χ2v) is 10.5. The fourth-order valence-electron chi connectivity index (χ4n) is 7.05. The third kappa shape index (κ3) is 2.86. The van der Waals surface area contributed by atoms with Crippen LogP contribution in [0.2, 0.25) is 0 Å². The van der Waals surface area contributed by atoms with Crippen molar-refractivity contribution in [2.24, 2.45) is 0 Å². The van der Waals surface area contributed by atoms with Gasteiger partial charge < -0.3 is 0 Å². The summed E-state index contributed by atoms with van der Waals surface area (Å²) in [4.78, 5) is 0. The minimum Gasteiger partial charge on any atom is -0.0622 e. The van der Waals surface area contributed by atoms with Crippen molar-refractivity contribution < 1.29 is 0 Å². The van der Waals surface area contributed by atoms with E-state index in [1.807, 2.05) is 0 Å². The van der Waals surface area contributed by atoms with Gasteiger partial charge in [-0.15, -0.1) is 0 Å². The molecule has 178 valence electrons. The molecule has 0 heteroatoms. The maximum absolute atomic E-state index is 2.50. The molecule has 6 aromatic rings. The van der Waals surface area contributed by atoms with Gasteiger partial charge >= 0.3 is 0 Å². The van der Waals surface area contributed by atoms with Crippen LogP contribution >= 0.6 is 0 Å². The highest BCUT2D eigenvalue weighted by molar-refractivity contribution is 5.95. The van der Waals surface area contributed by atoms with Gasteiger partial charge in [-0.1, -0.05) is 146 Å². The van der Waals surface area contributed by atoms with Crippen LogP contribution in [-0.4, -0.2) is 0 Å². The molecular formula is C38H26. The first-order chi connectivity index (χ1) is 18.9. The lowest BCUT2D eigenvalue weighted by Crippen LogP contribution is -2.26. The van der Waals surface area contributed by atoms with Crippen molar-refractivity contribution in [3.05, 3.63) is 179 Å². The number of benzene rings is 6. The first-order valence-corrected chi connectivity index (χ1v) is 13.4. The van der Waals surface area contributed by atoms with Gasteiger partial charge in [-0.25, -0.2) is 0 Å². The van der Waals surface area contributed by atoms with E-state index in [0.29, 0.717) is 0 Å². The van der Waals surface area contributed by atoms with Gasteiger partial charge in [-0.3, -0.25) is 0 Å². The third-order valence-electron chi connectivity index (χ3n) is 8.56. The molecule has 0 amide bonds. The highest BCUT2D eigenvalue weighted by Gasteiger charge is 2.51. The molecule has 2 aliphatic carbocycles. The summed E-state index contributed by atoms with van der Waals surface area (Å²) < 4.78 is 0. The zero-order valence-corrected chi connectivity index (χ0v) is 21.1. The van der Waals surface area contributed by atoms with Gasteiger partial charge in [0.2, 0.25) is 0 Å². The molecule has 0 unspecified atom stereocenters. The van der Waals surface area contributed by atoms with Gasteiger partial charge in [-0.2, -0.15) is 0 Å². The van der Waals surface area contributed by atoms with Crippen LogP contribution in [0.1, 0.15) is 33.4 Å². The maximum Gasteiger partial charge on any atom is 0.0725 e. The van der Waals surface area contributed by atoms with E-state index in [-0.39, 0.29) is 5.41 Å². The molecule has 0 atom stereocenters. The summed E-state index contributed by atoms with van der Waals surface area (Å²) in [7, 11) is 0. The first-order valence-electron chi connectivity index (χ1n) is 13.4. The van der Waals surface area contributed by atoms with E-state index in [1.165, 1.54) is 66.8 Å². The van der Waals surface area contributed by atoms with Crippen LogP contribution in [0.15, 0.2) is 146 Å². The molecule has 0 fully saturated rings. The zero-order chi connectivity index (χ0) is 25.1. The van der Waals surface area contributed by atoms with E-state index in [2.05, 4.69) is 146 Å². The quantitative estimate of drug-likeness (QED) is 0.235. The third-order valence-corrected chi connectivity index (χ3v) is 8.56. The van der Waals surface area contributed by atoms with Crippen molar-refractivity contribution in [2.75, 3.05) is 0 Å². The van der Waals surface area contributed by atoms with E-state index < -0.39 is 0 Å². The molecule has 38 heavy (non-hydrogen) atoms. The van der Waals surface area contributed by atoms with E-state index in [4.69, 9.17) is 0 Å². The minimum atomic E-state index is -0.284. The van der Waals surface area contributed by atoms with Gasteiger partial charge in [0.25, 0.3) is 0 Å². The lowest BCUT2D eigenvalue weighted by atomic mass is 9.70. The second-order valence-electron chi connectivity index (χ2n) is 10.5. The highest BCUT2D eigenvalue weighted by atomic mass is 14.5. The lowest BCUT2D eigenvalue weighted by molar-refractivity contribution is 0.792. The van der Waals surface area contributed by atoms with Crippen LogP contribution in [0, 0.1) is 0 Å². The number of rotatable bonds is 3. The Kier molecular flexibility index (Phi) is 4.60. The molecule has 0 radical (unpaired) electrons.